The van der Waals surface area contributed by atoms with Crippen LogP contribution in [-0.2, 0) is 9.59 Å². The largest absolute Gasteiger partial charge is 0.465 e. The van der Waals surface area contributed by atoms with Gasteiger partial charge in [-0.25, -0.2) is 0 Å². The molecule has 2 atom stereocenters. The molecule has 0 spiro atoms. The van der Waals surface area contributed by atoms with Crippen molar-refractivity contribution in [1.29, 1.82) is 0 Å². The summed E-state index contributed by atoms with van der Waals surface area (Å²) in [5, 5.41) is 12.5. The van der Waals surface area contributed by atoms with Crippen LogP contribution in [0.2, 0.25) is 0 Å². The van der Waals surface area contributed by atoms with Gasteiger partial charge in [-0.2, -0.15) is 11.8 Å². The average molecular weight is 385 g/mol. The molecule has 0 aromatic carbocycles. The highest BCUT2D eigenvalue weighted by atomic mass is 32.2. The number of aliphatic hydroxyl groups is 1. The predicted octanol–water partition coefficient (Wildman–Crippen LogP) is 1.46. The maximum Gasteiger partial charge on any atom is 0.266 e. The van der Waals surface area contributed by atoms with Crippen molar-refractivity contribution in [3.05, 3.63) is 29.1 Å². The minimum atomic E-state index is -0.508. The van der Waals surface area contributed by atoms with Gasteiger partial charge in [0.25, 0.3) is 5.91 Å². The molecule has 2 aliphatic rings. The molecule has 24 heavy (non-hydrogen) atoms. The Bertz CT molecular complexity index is 674. The van der Waals surface area contributed by atoms with Gasteiger partial charge in [0.1, 0.15) is 10.1 Å². The molecule has 3 rings (SSSR count). The Hall–Kier alpha value is -1.29. The Balaban J connectivity index is 1.54. The maximum atomic E-state index is 12.4. The molecule has 2 amide bonds. The molecule has 0 unspecified atom stereocenters. The number of rotatable bonds is 5. The quantitative estimate of drug-likeness (QED) is 0.587. The van der Waals surface area contributed by atoms with Crippen molar-refractivity contribution in [2.75, 3.05) is 18.1 Å². The lowest BCUT2D eigenvalue weighted by atomic mass is 10.2. The molecule has 0 bridgehead atoms. The fourth-order valence-electron chi connectivity index (χ4n) is 2.37. The van der Waals surface area contributed by atoms with E-state index in [9.17, 15) is 14.7 Å². The Kier molecular flexibility index (Phi) is 5.65. The Morgan fingerprint density at radius 3 is 3.04 bits per heavy atom. The van der Waals surface area contributed by atoms with Gasteiger partial charge in [-0.1, -0.05) is 24.0 Å². The SMILES string of the molecule is O=C(CCN1C(=O)/C(=C\c2ccco2)SC1=S)N[C@@H]1CSC[C@@H]1O. The number of amides is 2. The molecule has 2 N–H and O–H groups in total. The number of hydrogen-bond acceptors (Lipinski definition) is 7. The molecule has 6 nitrogen and oxygen atoms in total. The van der Waals surface area contributed by atoms with E-state index in [1.165, 1.54) is 22.9 Å². The molecule has 1 aromatic rings. The van der Waals surface area contributed by atoms with Crippen LogP contribution in [0.1, 0.15) is 12.2 Å². The third-order valence-electron chi connectivity index (χ3n) is 3.65. The van der Waals surface area contributed by atoms with Crippen molar-refractivity contribution in [2.24, 2.45) is 0 Å². The third-order valence-corrected chi connectivity index (χ3v) is 6.20. The fourth-order valence-corrected chi connectivity index (χ4v) is 4.83. The molecule has 128 valence electrons. The molecule has 2 saturated heterocycles. The molecule has 2 aliphatic heterocycles. The van der Waals surface area contributed by atoms with Gasteiger partial charge in [0.2, 0.25) is 5.91 Å². The number of nitrogens with zero attached hydrogens (tertiary/aromatic N) is 1. The highest BCUT2D eigenvalue weighted by Crippen LogP contribution is 2.32. The first-order valence-corrected chi connectivity index (χ1v) is 9.76. The van der Waals surface area contributed by atoms with Crippen LogP contribution in [0.15, 0.2) is 27.7 Å². The number of furan rings is 1. The van der Waals surface area contributed by atoms with Crippen molar-refractivity contribution in [1.82, 2.24) is 10.2 Å². The summed E-state index contributed by atoms with van der Waals surface area (Å²) >= 11 is 8.03. The summed E-state index contributed by atoms with van der Waals surface area (Å²) < 4.78 is 5.64. The number of carbonyl (C=O) groups is 2. The van der Waals surface area contributed by atoms with Crippen LogP contribution in [0.4, 0.5) is 0 Å². The predicted molar refractivity (Wildman–Crippen MR) is 98.5 cm³/mol. The average Bonchev–Trinajstić information content (AvgIpc) is 3.24. The van der Waals surface area contributed by atoms with Crippen LogP contribution in [0, 0.1) is 0 Å². The van der Waals surface area contributed by atoms with Gasteiger partial charge >= 0.3 is 0 Å². The van der Waals surface area contributed by atoms with Gasteiger partial charge in [-0.15, -0.1) is 0 Å². The smallest absolute Gasteiger partial charge is 0.266 e. The zero-order chi connectivity index (χ0) is 17.1. The van der Waals surface area contributed by atoms with Crippen LogP contribution in [-0.4, -0.2) is 56.3 Å². The van der Waals surface area contributed by atoms with Gasteiger partial charge in [0.05, 0.1) is 23.3 Å². The fraction of sp³-hybridized carbons (Fsp3) is 0.400. The van der Waals surface area contributed by atoms with Gasteiger partial charge in [-0.05, 0) is 12.1 Å². The topological polar surface area (TPSA) is 82.8 Å². The maximum absolute atomic E-state index is 12.4. The summed E-state index contributed by atoms with van der Waals surface area (Å²) in [5.74, 6) is 1.52. The second kappa shape index (κ2) is 7.73. The lowest BCUT2D eigenvalue weighted by Gasteiger charge is -2.17. The van der Waals surface area contributed by atoms with E-state index in [2.05, 4.69) is 5.32 Å². The second-order valence-electron chi connectivity index (χ2n) is 5.38. The number of carbonyl (C=O) groups excluding carboxylic acids is 2. The number of hydrogen-bond donors (Lipinski definition) is 2. The summed E-state index contributed by atoms with van der Waals surface area (Å²) in [7, 11) is 0. The van der Waals surface area contributed by atoms with Gasteiger partial charge in [-0.3, -0.25) is 14.5 Å². The summed E-state index contributed by atoms with van der Waals surface area (Å²) in [6.45, 7) is 0.224. The van der Waals surface area contributed by atoms with E-state index in [0.29, 0.717) is 26.5 Å². The second-order valence-corrected chi connectivity index (χ2v) is 8.13. The van der Waals surface area contributed by atoms with Crippen LogP contribution < -0.4 is 5.32 Å². The summed E-state index contributed by atoms with van der Waals surface area (Å²) in [5.41, 5.74) is 0. The molecule has 1 aromatic heterocycles. The van der Waals surface area contributed by atoms with Crippen molar-refractivity contribution >= 4 is 58.0 Å². The Morgan fingerprint density at radius 1 is 1.54 bits per heavy atom. The first kappa shape index (κ1) is 17.5. The first-order chi connectivity index (χ1) is 11.5. The van der Waals surface area contributed by atoms with Crippen LogP contribution in [0.3, 0.4) is 0 Å². The lowest BCUT2D eigenvalue weighted by molar-refractivity contribution is -0.124. The van der Waals surface area contributed by atoms with E-state index >= 15 is 0 Å². The number of thiocarbonyl (C=S) groups is 1. The van der Waals surface area contributed by atoms with E-state index < -0.39 is 6.10 Å². The Morgan fingerprint density at radius 2 is 2.38 bits per heavy atom. The van der Waals surface area contributed by atoms with E-state index in [1.807, 2.05) is 0 Å². The number of thioether (sulfide) groups is 2. The van der Waals surface area contributed by atoms with E-state index in [4.69, 9.17) is 16.6 Å². The number of nitrogens with one attached hydrogen (secondary N) is 1. The molecule has 0 aliphatic carbocycles. The first-order valence-electron chi connectivity index (χ1n) is 7.38. The third kappa shape index (κ3) is 4.02. The van der Waals surface area contributed by atoms with Crippen molar-refractivity contribution in [3.63, 3.8) is 0 Å². The Labute approximate surface area is 153 Å². The van der Waals surface area contributed by atoms with E-state index in [-0.39, 0.29) is 30.8 Å². The highest BCUT2D eigenvalue weighted by molar-refractivity contribution is 8.26. The van der Waals surface area contributed by atoms with Crippen LogP contribution >= 0.6 is 35.7 Å². The summed E-state index contributed by atoms with van der Waals surface area (Å²) in [4.78, 5) is 26.3. The molecule has 3 heterocycles. The highest BCUT2D eigenvalue weighted by Gasteiger charge is 2.33. The molecule has 0 radical (unpaired) electrons. The zero-order valence-electron chi connectivity index (χ0n) is 12.6. The normalized spacial score (nSPS) is 25.7. The van der Waals surface area contributed by atoms with Crippen LogP contribution in [0.5, 0.6) is 0 Å². The van der Waals surface area contributed by atoms with E-state index in [1.54, 1.807) is 30.0 Å². The number of aliphatic hydroxyl groups excluding tert-OH is 1. The van der Waals surface area contributed by atoms with E-state index in [0.717, 1.165) is 0 Å². The molecule has 2 fully saturated rings. The van der Waals surface area contributed by atoms with Gasteiger partial charge < -0.3 is 14.8 Å². The monoisotopic (exact) mass is 384 g/mol. The van der Waals surface area contributed by atoms with Gasteiger partial charge in [0.15, 0.2) is 0 Å². The summed E-state index contributed by atoms with van der Waals surface area (Å²) in [6.07, 6.45) is 2.82. The van der Waals surface area contributed by atoms with Crippen molar-refractivity contribution in [3.8, 4) is 0 Å². The van der Waals surface area contributed by atoms with Crippen molar-refractivity contribution < 1.29 is 19.1 Å². The summed E-state index contributed by atoms with van der Waals surface area (Å²) in [6, 6.07) is 3.28. The minimum absolute atomic E-state index is 0.147. The molecule has 9 heteroatoms. The standard InChI is InChI=1S/C15H16N2O4S3/c18-11-8-23-7-10(11)16-13(19)3-4-17-14(20)12(24-15(17)22)6-9-2-1-5-21-9/h1-2,5-6,10-11,18H,3-4,7-8H2,(H,16,19)/b12-6+/t10-,11+/m1/s1. The zero-order valence-corrected chi connectivity index (χ0v) is 15.1. The van der Waals surface area contributed by atoms with Crippen LogP contribution in [0.25, 0.3) is 6.08 Å². The lowest BCUT2D eigenvalue weighted by Crippen LogP contribution is -2.43. The van der Waals surface area contributed by atoms with Crippen molar-refractivity contribution in [2.45, 2.75) is 18.6 Å². The molecular weight excluding hydrogens is 368 g/mol. The van der Waals surface area contributed by atoms with Gasteiger partial charge in [0, 0.05) is 30.5 Å². The molecule has 0 saturated carbocycles. The molecular formula is C15H16N2O4S3. The minimum Gasteiger partial charge on any atom is -0.465 e.